The SMILES string of the molecule is CCOC(=O)c1sc(C)nc1-c1ccc(CC)cc1. The van der Waals surface area contributed by atoms with Gasteiger partial charge in [-0.1, -0.05) is 31.2 Å². The molecule has 100 valence electrons. The first kappa shape index (κ1) is 13.7. The number of nitrogens with zero attached hydrogens (tertiary/aromatic N) is 1. The highest BCUT2D eigenvalue weighted by molar-refractivity contribution is 7.14. The number of thiazole rings is 1. The quantitative estimate of drug-likeness (QED) is 0.795. The predicted molar refractivity (Wildman–Crippen MR) is 77.6 cm³/mol. The largest absolute Gasteiger partial charge is 0.462 e. The second-order valence-electron chi connectivity index (χ2n) is 4.18. The molecule has 0 saturated carbocycles. The molecule has 0 bridgehead atoms. The molecule has 0 aliphatic rings. The fourth-order valence-corrected chi connectivity index (χ4v) is 2.69. The number of hydrogen-bond acceptors (Lipinski definition) is 4. The molecule has 0 amide bonds. The van der Waals surface area contributed by atoms with Gasteiger partial charge in [-0.15, -0.1) is 11.3 Å². The minimum absolute atomic E-state index is 0.289. The summed E-state index contributed by atoms with van der Waals surface area (Å²) in [5.74, 6) is -0.289. The van der Waals surface area contributed by atoms with E-state index in [-0.39, 0.29) is 5.97 Å². The van der Waals surface area contributed by atoms with Crippen LogP contribution in [0.25, 0.3) is 11.3 Å². The fourth-order valence-electron chi connectivity index (χ4n) is 1.86. The number of ether oxygens (including phenoxy) is 1. The van der Waals surface area contributed by atoms with Crippen molar-refractivity contribution in [2.24, 2.45) is 0 Å². The van der Waals surface area contributed by atoms with Gasteiger partial charge in [0.15, 0.2) is 0 Å². The van der Waals surface area contributed by atoms with Crippen molar-refractivity contribution in [3.63, 3.8) is 0 Å². The van der Waals surface area contributed by atoms with Crippen LogP contribution in [0.4, 0.5) is 0 Å². The van der Waals surface area contributed by atoms with Crippen LogP contribution in [0.1, 0.15) is 34.1 Å². The molecule has 1 aromatic heterocycles. The van der Waals surface area contributed by atoms with Gasteiger partial charge in [0.1, 0.15) is 4.88 Å². The summed E-state index contributed by atoms with van der Waals surface area (Å²) in [6, 6.07) is 8.16. The molecule has 0 spiro atoms. The second kappa shape index (κ2) is 5.97. The van der Waals surface area contributed by atoms with Gasteiger partial charge in [0, 0.05) is 5.56 Å². The van der Waals surface area contributed by atoms with E-state index < -0.39 is 0 Å². The van der Waals surface area contributed by atoms with Crippen LogP contribution in [0.15, 0.2) is 24.3 Å². The Bertz CT molecular complexity index is 572. The molecule has 2 rings (SSSR count). The minimum Gasteiger partial charge on any atom is -0.462 e. The summed E-state index contributed by atoms with van der Waals surface area (Å²) in [6.07, 6.45) is 1.00. The first-order valence-electron chi connectivity index (χ1n) is 6.39. The summed E-state index contributed by atoms with van der Waals surface area (Å²) in [7, 11) is 0. The van der Waals surface area contributed by atoms with Gasteiger partial charge < -0.3 is 4.74 Å². The van der Waals surface area contributed by atoms with Gasteiger partial charge in [-0.25, -0.2) is 9.78 Å². The maximum atomic E-state index is 11.9. The second-order valence-corrected chi connectivity index (χ2v) is 5.38. The number of esters is 1. The van der Waals surface area contributed by atoms with Gasteiger partial charge in [-0.2, -0.15) is 0 Å². The smallest absolute Gasteiger partial charge is 0.350 e. The minimum atomic E-state index is -0.289. The molecule has 0 unspecified atom stereocenters. The fraction of sp³-hybridized carbons (Fsp3) is 0.333. The average Bonchev–Trinajstić information content (AvgIpc) is 2.81. The Balaban J connectivity index is 2.40. The van der Waals surface area contributed by atoms with Crippen LogP contribution in [0.3, 0.4) is 0 Å². The van der Waals surface area contributed by atoms with E-state index >= 15 is 0 Å². The van der Waals surface area contributed by atoms with E-state index in [0.29, 0.717) is 11.5 Å². The summed E-state index contributed by atoms with van der Waals surface area (Å²) < 4.78 is 5.08. The van der Waals surface area contributed by atoms with Crippen LogP contribution in [-0.2, 0) is 11.2 Å². The lowest BCUT2D eigenvalue weighted by molar-refractivity contribution is 0.0532. The van der Waals surface area contributed by atoms with E-state index in [1.165, 1.54) is 16.9 Å². The Kier molecular flexibility index (Phi) is 4.32. The molecule has 0 N–H and O–H groups in total. The highest BCUT2D eigenvalue weighted by atomic mass is 32.1. The number of benzene rings is 1. The lowest BCUT2D eigenvalue weighted by Gasteiger charge is -2.03. The van der Waals surface area contributed by atoms with Crippen molar-refractivity contribution in [1.82, 2.24) is 4.98 Å². The van der Waals surface area contributed by atoms with Crippen LogP contribution in [0, 0.1) is 6.92 Å². The van der Waals surface area contributed by atoms with Crippen molar-refractivity contribution >= 4 is 17.3 Å². The van der Waals surface area contributed by atoms with Crippen LogP contribution in [-0.4, -0.2) is 17.6 Å². The van der Waals surface area contributed by atoms with Crippen LogP contribution < -0.4 is 0 Å². The van der Waals surface area contributed by atoms with Gasteiger partial charge in [-0.3, -0.25) is 0 Å². The number of rotatable bonds is 4. The van der Waals surface area contributed by atoms with Gasteiger partial charge in [0.05, 0.1) is 17.3 Å². The Labute approximate surface area is 117 Å². The monoisotopic (exact) mass is 275 g/mol. The van der Waals surface area contributed by atoms with Crippen molar-refractivity contribution in [3.8, 4) is 11.3 Å². The number of aryl methyl sites for hydroxylation is 2. The van der Waals surface area contributed by atoms with Gasteiger partial charge in [-0.05, 0) is 25.8 Å². The molecular weight excluding hydrogens is 258 g/mol. The highest BCUT2D eigenvalue weighted by Crippen LogP contribution is 2.29. The summed E-state index contributed by atoms with van der Waals surface area (Å²) in [6.45, 7) is 6.20. The lowest BCUT2D eigenvalue weighted by Crippen LogP contribution is -2.03. The molecule has 1 aromatic carbocycles. The molecule has 0 aliphatic carbocycles. The van der Waals surface area contributed by atoms with E-state index in [0.717, 1.165) is 22.7 Å². The number of carbonyl (C=O) groups excluding carboxylic acids is 1. The van der Waals surface area contributed by atoms with Gasteiger partial charge in [0.2, 0.25) is 0 Å². The molecule has 4 heteroatoms. The third kappa shape index (κ3) is 3.01. The van der Waals surface area contributed by atoms with Crippen molar-refractivity contribution in [1.29, 1.82) is 0 Å². The van der Waals surface area contributed by atoms with Crippen molar-refractivity contribution in [2.45, 2.75) is 27.2 Å². The third-order valence-corrected chi connectivity index (χ3v) is 3.78. The highest BCUT2D eigenvalue weighted by Gasteiger charge is 2.19. The van der Waals surface area contributed by atoms with Crippen molar-refractivity contribution < 1.29 is 9.53 Å². The van der Waals surface area contributed by atoms with E-state index in [2.05, 4.69) is 24.0 Å². The summed E-state index contributed by atoms with van der Waals surface area (Å²) in [5, 5.41) is 0.873. The molecule has 0 fully saturated rings. The van der Waals surface area contributed by atoms with E-state index in [9.17, 15) is 4.79 Å². The first-order valence-corrected chi connectivity index (χ1v) is 7.21. The Hall–Kier alpha value is -1.68. The zero-order valence-corrected chi connectivity index (χ0v) is 12.2. The molecule has 0 atom stereocenters. The Morgan fingerprint density at radius 2 is 1.95 bits per heavy atom. The Morgan fingerprint density at radius 1 is 1.26 bits per heavy atom. The first-order chi connectivity index (χ1) is 9.15. The summed E-state index contributed by atoms with van der Waals surface area (Å²) in [5.41, 5.74) is 2.96. The summed E-state index contributed by atoms with van der Waals surface area (Å²) in [4.78, 5) is 17.0. The van der Waals surface area contributed by atoms with Gasteiger partial charge >= 0.3 is 5.97 Å². The topological polar surface area (TPSA) is 39.2 Å². The Morgan fingerprint density at radius 3 is 2.53 bits per heavy atom. The lowest BCUT2D eigenvalue weighted by atomic mass is 10.1. The molecule has 0 radical (unpaired) electrons. The van der Waals surface area contributed by atoms with Crippen molar-refractivity contribution in [2.75, 3.05) is 6.61 Å². The molecule has 19 heavy (non-hydrogen) atoms. The summed E-state index contributed by atoms with van der Waals surface area (Å²) >= 11 is 1.38. The van der Waals surface area contributed by atoms with E-state index in [1.807, 2.05) is 26.0 Å². The maximum absolute atomic E-state index is 11.9. The van der Waals surface area contributed by atoms with Crippen LogP contribution in [0.2, 0.25) is 0 Å². The molecule has 1 heterocycles. The van der Waals surface area contributed by atoms with Crippen molar-refractivity contribution in [3.05, 3.63) is 39.7 Å². The van der Waals surface area contributed by atoms with E-state index in [1.54, 1.807) is 0 Å². The number of carbonyl (C=O) groups is 1. The normalized spacial score (nSPS) is 10.5. The van der Waals surface area contributed by atoms with Crippen LogP contribution >= 0.6 is 11.3 Å². The zero-order chi connectivity index (χ0) is 13.8. The molecular formula is C15H17NO2S. The molecule has 2 aromatic rings. The third-order valence-electron chi connectivity index (χ3n) is 2.83. The standard InChI is InChI=1S/C15H17NO2S/c1-4-11-6-8-12(9-7-11)13-14(15(17)18-5-2)19-10(3)16-13/h6-9H,4-5H2,1-3H3. The van der Waals surface area contributed by atoms with Gasteiger partial charge in [0.25, 0.3) is 0 Å². The molecule has 0 aliphatic heterocycles. The predicted octanol–water partition coefficient (Wildman–Crippen LogP) is 3.86. The maximum Gasteiger partial charge on any atom is 0.350 e. The zero-order valence-electron chi connectivity index (χ0n) is 11.4. The number of aromatic nitrogens is 1. The molecule has 0 saturated heterocycles. The molecule has 3 nitrogen and oxygen atoms in total. The van der Waals surface area contributed by atoms with E-state index in [4.69, 9.17) is 4.74 Å². The number of hydrogen-bond donors (Lipinski definition) is 0. The van der Waals surface area contributed by atoms with Crippen LogP contribution in [0.5, 0.6) is 0 Å². The average molecular weight is 275 g/mol.